The quantitative estimate of drug-likeness (QED) is 0.761. The summed E-state index contributed by atoms with van der Waals surface area (Å²) in [6.07, 6.45) is 1.42. The Morgan fingerprint density at radius 3 is 2.67 bits per heavy atom. The number of aromatic nitrogens is 1. The van der Waals surface area contributed by atoms with Gasteiger partial charge in [-0.2, -0.15) is 0 Å². The van der Waals surface area contributed by atoms with Crippen LogP contribution in [0, 0.1) is 0 Å². The van der Waals surface area contributed by atoms with Gasteiger partial charge in [-0.05, 0) is 44.9 Å². The standard InChI is InChI=1S/C16H10BrNO3/c17-14-11-5-2-1-4-10(11)7-8-12(14)21-13-6-3-9-18-15(13)16(19)20/h1-9H,(H,19,20). The lowest BCUT2D eigenvalue weighted by molar-refractivity contribution is 0.0687. The van der Waals surface area contributed by atoms with Gasteiger partial charge in [-0.25, -0.2) is 9.78 Å². The Bertz CT molecular complexity index is 833. The van der Waals surface area contributed by atoms with Gasteiger partial charge in [0.2, 0.25) is 0 Å². The molecular formula is C16H10BrNO3. The van der Waals surface area contributed by atoms with Crippen molar-refractivity contribution in [3.63, 3.8) is 0 Å². The van der Waals surface area contributed by atoms with Gasteiger partial charge in [0, 0.05) is 6.20 Å². The van der Waals surface area contributed by atoms with Crippen molar-refractivity contribution in [2.75, 3.05) is 0 Å². The summed E-state index contributed by atoms with van der Waals surface area (Å²) < 4.78 is 6.50. The minimum absolute atomic E-state index is 0.113. The first-order valence-electron chi connectivity index (χ1n) is 6.20. The Morgan fingerprint density at radius 2 is 1.86 bits per heavy atom. The van der Waals surface area contributed by atoms with Crippen LogP contribution in [0.1, 0.15) is 10.5 Å². The maximum Gasteiger partial charge on any atom is 0.358 e. The predicted molar refractivity (Wildman–Crippen MR) is 82.9 cm³/mol. The third kappa shape index (κ3) is 2.60. The minimum Gasteiger partial charge on any atom is -0.476 e. The molecule has 0 aliphatic carbocycles. The number of fused-ring (bicyclic) bond motifs is 1. The van der Waals surface area contributed by atoms with E-state index in [-0.39, 0.29) is 11.4 Å². The van der Waals surface area contributed by atoms with Crippen LogP contribution in [0.2, 0.25) is 0 Å². The summed E-state index contributed by atoms with van der Waals surface area (Å²) in [6.45, 7) is 0. The average Bonchev–Trinajstić information content (AvgIpc) is 2.51. The number of aromatic carboxylic acids is 1. The molecule has 3 aromatic rings. The van der Waals surface area contributed by atoms with Crippen LogP contribution in [0.4, 0.5) is 0 Å². The van der Waals surface area contributed by atoms with E-state index in [1.807, 2.05) is 30.3 Å². The van der Waals surface area contributed by atoms with Crippen molar-refractivity contribution < 1.29 is 14.6 Å². The molecule has 1 N–H and O–H groups in total. The molecule has 0 saturated heterocycles. The van der Waals surface area contributed by atoms with E-state index in [1.165, 1.54) is 6.20 Å². The molecule has 4 nitrogen and oxygen atoms in total. The zero-order chi connectivity index (χ0) is 14.8. The number of hydrogen-bond donors (Lipinski definition) is 1. The van der Waals surface area contributed by atoms with Crippen molar-refractivity contribution in [1.82, 2.24) is 4.98 Å². The molecule has 5 heteroatoms. The third-order valence-electron chi connectivity index (χ3n) is 3.02. The second-order valence-corrected chi connectivity index (χ2v) is 5.15. The first-order valence-corrected chi connectivity index (χ1v) is 6.99. The highest BCUT2D eigenvalue weighted by Crippen LogP contribution is 2.36. The van der Waals surface area contributed by atoms with E-state index in [9.17, 15) is 4.79 Å². The number of ether oxygens (including phenoxy) is 1. The summed E-state index contributed by atoms with van der Waals surface area (Å²) in [4.78, 5) is 15.0. The van der Waals surface area contributed by atoms with Crippen LogP contribution < -0.4 is 4.74 Å². The summed E-state index contributed by atoms with van der Waals surface area (Å²) in [5, 5.41) is 11.2. The van der Waals surface area contributed by atoms with Gasteiger partial charge in [0.25, 0.3) is 0 Å². The van der Waals surface area contributed by atoms with Crippen molar-refractivity contribution >= 4 is 32.7 Å². The number of carbonyl (C=O) groups is 1. The highest BCUT2D eigenvalue weighted by Gasteiger charge is 2.15. The summed E-state index contributed by atoms with van der Waals surface area (Å²) in [6, 6.07) is 14.8. The Hall–Kier alpha value is -2.40. The molecular weight excluding hydrogens is 334 g/mol. The molecule has 0 radical (unpaired) electrons. The van der Waals surface area contributed by atoms with Crippen LogP contribution >= 0.6 is 15.9 Å². The first kappa shape index (κ1) is 13.6. The zero-order valence-electron chi connectivity index (χ0n) is 10.8. The van der Waals surface area contributed by atoms with Gasteiger partial charge in [0.15, 0.2) is 11.4 Å². The largest absolute Gasteiger partial charge is 0.476 e. The first-order chi connectivity index (χ1) is 10.2. The lowest BCUT2D eigenvalue weighted by Crippen LogP contribution is -2.02. The molecule has 0 amide bonds. The van der Waals surface area contributed by atoms with E-state index >= 15 is 0 Å². The fourth-order valence-corrected chi connectivity index (χ4v) is 2.62. The minimum atomic E-state index is -1.12. The van der Waals surface area contributed by atoms with E-state index in [1.54, 1.807) is 18.2 Å². The van der Waals surface area contributed by atoms with Crippen LogP contribution in [-0.4, -0.2) is 16.1 Å². The second kappa shape index (κ2) is 5.54. The molecule has 0 spiro atoms. The van der Waals surface area contributed by atoms with Gasteiger partial charge in [-0.3, -0.25) is 0 Å². The average molecular weight is 344 g/mol. The number of nitrogens with zero attached hydrogens (tertiary/aromatic N) is 1. The van der Waals surface area contributed by atoms with Crippen LogP contribution in [-0.2, 0) is 0 Å². The molecule has 0 atom stereocenters. The molecule has 1 heterocycles. The lowest BCUT2D eigenvalue weighted by atomic mass is 10.1. The van der Waals surface area contributed by atoms with E-state index in [0.29, 0.717) is 5.75 Å². The number of benzene rings is 2. The van der Waals surface area contributed by atoms with Crippen LogP contribution in [0.3, 0.4) is 0 Å². The molecule has 0 unspecified atom stereocenters. The molecule has 0 fully saturated rings. The van der Waals surface area contributed by atoms with Gasteiger partial charge in [0.05, 0.1) is 4.47 Å². The van der Waals surface area contributed by atoms with Crippen molar-refractivity contribution in [1.29, 1.82) is 0 Å². The number of pyridine rings is 1. The highest BCUT2D eigenvalue weighted by atomic mass is 79.9. The van der Waals surface area contributed by atoms with E-state index in [0.717, 1.165) is 15.2 Å². The van der Waals surface area contributed by atoms with Crippen LogP contribution in [0.15, 0.2) is 59.2 Å². The number of rotatable bonds is 3. The van der Waals surface area contributed by atoms with Gasteiger partial charge in [-0.15, -0.1) is 0 Å². The fraction of sp³-hybridized carbons (Fsp3) is 0. The molecule has 1 aromatic heterocycles. The maximum atomic E-state index is 11.2. The Labute approximate surface area is 129 Å². The van der Waals surface area contributed by atoms with Crippen LogP contribution in [0.5, 0.6) is 11.5 Å². The van der Waals surface area contributed by atoms with E-state index in [4.69, 9.17) is 9.84 Å². The number of halogens is 1. The smallest absolute Gasteiger partial charge is 0.358 e. The van der Waals surface area contributed by atoms with Gasteiger partial charge >= 0.3 is 5.97 Å². The van der Waals surface area contributed by atoms with Gasteiger partial charge in [-0.1, -0.05) is 30.3 Å². The Kier molecular flexibility index (Phi) is 3.58. The second-order valence-electron chi connectivity index (χ2n) is 4.36. The Morgan fingerprint density at radius 1 is 1.05 bits per heavy atom. The predicted octanol–water partition coefficient (Wildman–Crippen LogP) is 4.49. The Balaban J connectivity index is 2.07. The van der Waals surface area contributed by atoms with Gasteiger partial charge < -0.3 is 9.84 Å². The number of hydrogen-bond acceptors (Lipinski definition) is 3. The zero-order valence-corrected chi connectivity index (χ0v) is 12.4. The van der Waals surface area contributed by atoms with E-state index in [2.05, 4.69) is 20.9 Å². The molecule has 0 saturated carbocycles. The molecule has 104 valence electrons. The highest BCUT2D eigenvalue weighted by molar-refractivity contribution is 9.10. The fourth-order valence-electron chi connectivity index (χ4n) is 2.04. The third-order valence-corrected chi connectivity index (χ3v) is 3.84. The topological polar surface area (TPSA) is 59.4 Å². The molecule has 0 aliphatic heterocycles. The normalized spacial score (nSPS) is 10.5. The molecule has 0 aliphatic rings. The van der Waals surface area contributed by atoms with Gasteiger partial charge in [0.1, 0.15) is 5.75 Å². The van der Waals surface area contributed by atoms with Crippen LogP contribution in [0.25, 0.3) is 10.8 Å². The molecule has 0 bridgehead atoms. The van der Waals surface area contributed by atoms with Crippen molar-refractivity contribution in [3.05, 3.63) is 64.9 Å². The molecule has 2 aromatic carbocycles. The van der Waals surface area contributed by atoms with Crippen molar-refractivity contribution in [3.8, 4) is 11.5 Å². The summed E-state index contributed by atoms with van der Waals surface area (Å²) in [5.74, 6) is -0.368. The summed E-state index contributed by atoms with van der Waals surface area (Å²) in [7, 11) is 0. The van der Waals surface area contributed by atoms with Crippen molar-refractivity contribution in [2.24, 2.45) is 0 Å². The number of carboxylic acid groups (broad SMARTS) is 1. The van der Waals surface area contributed by atoms with Crippen molar-refractivity contribution in [2.45, 2.75) is 0 Å². The lowest BCUT2D eigenvalue weighted by Gasteiger charge is -2.11. The molecule has 21 heavy (non-hydrogen) atoms. The molecule has 3 rings (SSSR count). The summed E-state index contributed by atoms with van der Waals surface area (Å²) in [5.41, 5.74) is -0.113. The maximum absolute atomic E-state index is 11.2. The summed E-state index contributed by atoms with van der Waals surface area (Å²) >= 11 is 3.51. The monoisotopic (exact) mass is 343 g/mol. The number of carboxylic acids is 1. The SMILES string of the molecule is O=C(O)c1ncccc1Oc1ccc2ccccc2c1Br. The van der Waals surface area contributed by atoms with E-state index < -0.39 is 5.97 Å².